The Balaban J connectivity index is 2.41. The van der Waals surface area contributed by atoms with Gasteiger partial charge in [-0.25, -0.2) is 0 Å². The van der Waals surface area contributed by atoms with E-state index in [1.165, 1.54) is 59.2 Å². The van der Waals surface area contributed by atoms with E-state index < -0.39 is 0 Å². The Bertz CT molecular complexity index is 500. The number of hydrogen-bond acceptors (Lipinski definition) is 4. The van der Waals surface area contributed by atoms with Crippen molar-refractivity contribution in [3.05, 3.63) is 22.7 Å². The fourth-order valence-corrected chi connectivity index (χ4v) is 3.11. The van der Waals surface area contributed by atoms with Gasteiger partial charge in [0.1, 0.15) is 0 Å². The molecule has 0 spiro atoms. The van der Waals surface area contributed by atoms with Gasteiger partial charge in [-0.2, -0.15) is 0 Å². The summed E-state index contributed by atoms with van der Waals surface area (Å²) in [5, 5.41) is 0. The third-order valence-electron chi connectivity index (χ3n) is 4.62. The average molecular weight is 336 g/mol. The summed E-state index contributed by atoms with van der Waals surface area (Å²) in [5.41, 5.74) is 1.08. The number of hydrogen-bond donors (Lipinski definition) is 0. The van der Waals surface area contributed by atoms with Crippen LogP contribution >= 0.6 is 0 Å². The summed E-state index contributed by atoms with van der Waals surface area (Å²) in [6.07, 6.45) is 11.7. The Morgan fingerprint density at radius 2 is 1.17 bits per heavy atom. The molecule has 1 aliphatic carbocycles. The van der Waals surface area contributed by atoms with Gasteiger partial charge >= 0.3 is 0 Å². The number of ether oxygens (including phenoxy) is 2. The van der Waals surface area contributed by atoms with E-state index >= 15 is 0 Å². The number of carbonyl (C=O) groups excluding carboxylic acids is 2. The van der Waals surface area contributed by atoms with Gasteiger partial charge in [-0.15, -0.1) is 0 Å². The number of carbonyl (C=O) groups is 2. The summed E-state index contributed by atoms with van der Waals surface area (Å²) < 4.78 is 10.1. The van der Waals surface area contributed by atoms with Gasteiger partial charge in [0.05, 0.1) is 14.2 Å². The van der Waals surface area contributed by atoms with Crippen LogP contribution in [0.15, 0.2) is 22.7 Å². The first kappa shape index (κ1) is 20.5. The van der Waals surface area contributed by atoms with Gasteiger partial charge in [-0.3, -0.25) is 9.59 Å². The molecule has 0 amide bonds. The van der Waals surface area contributed by atoms with Crippen molar-refractivity contribution in [2.24, 2.45) is 0 Å². The Hall–Kier alpha value is -1.58. The Morgan fingerprint density at radius 1 is 0.708 bits per heavy atom. The minimum atomic E-state index is -0.236. The van der Waals surface area contributed by atoms with Crippen LogP contribution in [0.4, 0.5) is 0 Å². The Kier molecular flexibility index (Phi) is 9.43. The monoisotopic (exact) mass is 336 g/mol. The first-order valence-corrected chi connectivity index (χ1v) is 9.19. The smallest absolute Gasteiger partial charge is 0.228 e. The summed E-state index contributed by atoms with van der Waals surface area (Å²) in [5.74, 6) is -0.374. The highest BCUT2D eigenvalue weighted by molar-refractivity contribution is 6.23. The highest BCUT2D eigenvalue weighted by atomic mass is 16.5. The van der Waals surface area contributed by atoms with Gasteiger partial charge in [0.2, 0.25) is 23.1 Å². The molecule has 1 rings (SSSR count). The number of Topliss-reactive ketones (excluding diaryl/α,β-unsaturated/α-hetero) is 2. The van der Waals surface area contributed by atoms with Gasteiger partial charge in [0.15, 0.2) is 0 Å². The lowest BCUT2D eigenvalue weighted by molar-refractivity contribution is -0.121. The summed E-state index contributed by atoms with van der Waals surface area (Å²) >= 11 is 0. The molecule has 0 saturated heterocycles. The molecule has 4 heteroatoms. The molecular formula is C20H32O4. The quantitative estimate of drug-likeness (QED) is 0.376. The van der Waals surface area contributed by atoms with Crippen molar-refractivity contribution in [2.75, 3.05) is 14.2 Å². The number of rotatable bonds is 12. The molecule has 0 radical (unpaired) electrons. The molecule has 0 unspecified atom stereocenters. The van der Waals surface area contributed by atoms with Gasteiger partial charge in [-0.05, 0) is 19.8 Å². The summed E-state index contributed by atoms with van der Waals surface area (Å²) in [7, 11) is 2.79. The zero-order chi connectivity index (χ0) is 17.9. The van der Waals surface area contributed by atoms with E-state index in [4.69, 9.17) is 9.47 Å². The van der Waals surface area contributed by atoms with Gasteiger partial charge in [0, 0.05) is 11.1 Å². The van der Waals surface area contributed by atoms with E-state index in [9.17, 15) is 9.59 Å². The molecular weight excluding hydrogens is 304 g/mol. The molecule has 0 aromatic rings. The van der Waals surface area contributed by atoms with Crippen LogP contribution in [0.1, 0.15) is 78.1 Å². The van der Waals surface area contributed by atoms with Crippen molar-refractivity contribution in [3.8, 4) is 0 Å². The van der Waals surface area contributed by atoms with Gasteiger partial charge < -0.3 is 9.47 Å². The molecule has 0 saturated carbocycles. The SMILES string of the molecule is CCCCCCCCCCCC1=C(C)C(=O)C(OC)=C(OC)C1=O. The number of ketones is 2. The van der Waals surface area contributed by atoms with Crippen LogP contribution in [0.3, 0.4) is 0 Å². The topological polar surface area (TPSA) is 52.6 Å². The lowest BCUT2D eigenvalue weighted by Gasteiger charge is -2.20. The van der Waals surface area contributed by atoms with Crippen LogP contribution < -0.4 is 0 Å². The molecule has 1 aliphatic rings. The average Bonchev–Trinajstić information content (AvgIpc) is 2.58. The molecule has 136 valence electrons. The maximum atomic E-state index is 12.5. The molecule has 4 nitrogen and oxygen atoms in total. The fraction of sp³-hybridized carbons (Fsp3) is 0.700. The summed E-state index contributed by atoms with van der Waals surface area (Å²) in [6.45, 7) is 3.93. The van der Waals surface area contributed by atoms with E-state index in [-0.39, 0.29) is 23.1 Å². The van der Waals surface area contributed by atoms with Crippen LogP contribution in [-0.2, 0) is 19.1 Å². The molecule has 0 atom stereocenters. The van der Waals surface area contributed by atoms with Crippen molar-refractivity contribution >= 4 is 11.6 Å². The van der Waals surface area contributed by atoms with Crippen molar-refractivity contribution in [1.82, 2.24) is 0 Å². The molecule has 24 heavy (non-hydrogen) atoms. The third-order valence-corrected chi connectivity index (χ3v) is 4.62. The van der Waals surface area contributed by atoms with Crippen LogP contribution in [0.2, 0.25) is 0 Å². The van der Waals surface area contributed by atoms with Crippen LogP contribution in [0, 0.1) is 0 Å². The molecule has 0 aliphatic heterocycles. The summed E-state index contributed by atoms with van der Waals surface area (Å²) in [4.78, 5) is 24.7. The second kappa shape index (κ2) is 11.1. The predicted octanol–water partition coefficient (Wildman–Crippen LogP) is 4.88. The van der Waals surface area contributed by atoms with Gasteiger partial charge in [-0.1, -0.05) is 58.3 Å². The summed E-state index contributed by atoms with van der Waals surface area (Å²) in [6, 6.07) is 0. The molecule has 0 aromatic heterocycles. The maximum absolute atomic E-state index is 12.5. The molecule has 0 heterocycles. The normalized spacial score (nSPS) is 15.3. The van der Waals surface area contributed by atoms with Crippen molar-refractivity contribution in [3.63, 3.8) is 0 Å². The first-order valence-electron chi connectivity index (χ1n) is 9.19. The highest BCUT2D eigenvalue weighted by Crippen LogP contribution is 2.28. The van der Waals surface area contributed by atoms with E-state index in [2.05, 4.69) is 6.92 Å². The Labute approximate surface area is 146 Å². The van der Waals surface area contributed by atoms with E-state index in [1.54, 1.807) is 6.92 Å². The van der Waals surface area contributed by atoms with Crippen LogP contribution in [-0.4, -0.2) is 25.8 Å². The second-order valence-corrected chi connectivity index (χ2v) is 6.41. The first-order chi connectivity index (χ1) is 11.6. The highest BCUT2D eigenvalue weighted by Gasteiger charge is 2.34. The van der Waals surface area contributed by atoms with Crippen LogP contribution in [0.5, 0.6) is 0 Å². The van der Waals surface area contributed by atoms with Crippen molar-refractivity contribution in [2.45, 2.75) is 78.1 Å². The Morgan fingerprint density at radius 3 is 1.67 bits per heavy atom. The standard InChI is InChI=1S/C20H32O4/c1-5-6-7-8-9-10-11-12-13-14-16-15(2)17(21)19(23-3)20(24-4)18(16)22/h5-14H2,1-4H3. The number of allylic oxidation sites excluding steroid dienone is 2. The minimum Gasteiger partial charge on any atom is -0.489 e. The van der Waals surface area contributed by atoms with E-state index in [0.717, 1.165) is 12.8 Å². The zero-order valence-corrected chi connectivity index (χ0v) is 15.7. The molecule has 0 fully saturated rings. The zero-order valence-electron chi connectivity index (χ0n) is 15.7. The van der Waals surface area contributed by atoms with Gasteiger partial charge in [0.25, 0.3) is 0 Å². The fourth-order valence-electron chi connectivity index (χ4n) is 3.11. The third kappa shape index (κ3) is 5.50. The molecule has 0 bridgehead atoms. The van der Waals surface area contributed by atoms with Crippen molar-refractivity contribution < 1.29 is 19.1 Å². The second-order valence-electron chi connectivity index (χ2n) is 6.41. The minimum absolute atomic E-state index is 0.0239. The number of unbranched alkanes of at least 4 members (excludes halogenated alkanes) is 8. The lowest BCUT2D eigenvalue weighted by Crippen LogP contribution is -2.25. The maximum Gasteiger partial charge on any atom is 0.228 e. The molecule has 0 aromatic carbocycles. The molecule has 0 N–H and O–H groups in total. The predicted molar refractivity (Wildman–Crippen MR) is 95.6 cm³/mol. The largest absolute Gasteiger partial charge is 0.489 e. The van der Waals surface area contributed by atoms with E-state index in [1.807, 2.05) is 0 Å². The number of methoxy groups -OCH3 is 2. The van der Waals surface area contributed by atoms with Crippen LogP contribution in [0.25, 0.3) is 0 Å². The van der Waals surface area contributed by atoms with Crippen molar-refractivity contribution in [1.29, 1.82) is 0 Å². The van der Waals surface area contributed by atoms with E-state index in [0.29, 0.717) is 17.6 Å². The lowest BCUT2D eigenvalue weighted by atomic mass is 9.89.